The molecule has 0 saturated heterocycles. The normalized spacial score (nSPS) is 5.17. The molecule has 0 heterocycles. The predicted octanol–water partition coefficient (Wildman–Crippen LogP) is 0.429. The third-order valence-corrected chi connectivity index (χ3v) is 0.512. The Bertz CT molecular complexity index is 141. The molecule has 0 aliphatic heterocycles. The summed E-state index contributed by atoms with van der Waals surface area (Å²) in [6.07, 6.45) is 0.306. The fourth-order valence-corrected chi connectivity index (χ4v) is 0.370. The molecule has 4 nitrogen and oxygen atoms in total. The molecule has 0 atom stereocenters. The van der Waals surface area contributed by atoms with Crippen molar-refractivity contribution in [1.82, 2.24) is 0 Å². The maximum Gasteiger partial charge on any atom is 0 e. The summed E-state index contributed by atoms with van der Waals surface area (Å²) in [5, 5.41) is 0. The van der Waals surface area contributed by atoms with Crippen LogP contribution in [0.25, 0.3) is 0 Å². The summed E-state index contributed by atoms with van der Waals surface area (Å²) in [6.45, 7) is 12.1. The number of carbonyl (C=O) groups excluding carboxylic acids is 2. The zero-order valence-corrected chi connectivity index (χ0v) is 8.39. The first-order valence-electron chi connectivity index (χ1n) is 2.56. The van der Waals surface area contributed by atoms with Crippen molar-refractivity contribution in [3.63, 3.8) is 0 Å². The van der Waals surface area contributed by atoms with Crippen LogP contribution in [0.3, 0.4) is 0 Å². The Morgan fingerprint density at radius 1 is 1.00 bits per heavy atom. The van der Waals surface area contributed by atoms with Gasteiger partial charge >= 0.3 is 34.2 Å². The summed E-state index contributed by atoms with van der Waals surface area (Å²) in [7, 11) is 0. The molecule has 0 rings (SSSR count). The number of rotatable bonds is 2. The van der Waals surface area contributed by atoms with Crippen molar-refractivity contribution in [1.29, 1.82) is 0 Å². The van der Waals surface area contributed by atoms with Crippen LogP contribution in [0.1, 0.15) is 20.3 Å². The molecule has 0 bridgehead atoms. The average molecular weight is 261 g/mol. The summed E-state index contributed by atoms with van der Waals surface area (Å²) in [6, 6.07) is 0. The minimum Gasteiger partial charge on any atom is 0 e. The second-order valence-corrected chi connectivity index (χ2v) is 1.65. The van der Waals surface area contributed by atoms with Crippen molar-refractivity contribution in [3.8, 4) is 0 Å². The van der Waals surface area contributed by atoms with Crippen LogP contribution >= 0.6 is 0 Å². The minimum absolute atomic E-state index is 0. The van der Waals surface area contributed by atoms with Crippen LogP contribution in [0.4, 0.5) is 0 Å². The fraction of sp³-hybridized carbons (Fsp3) is 0.429. The fourth-order valence-electron chi connectivity index (χ4n) is 0.370. The van der Waals surface area contributed by atoms with Crippen molar-refractivity contribution < 1.29 is 38.4 Å². The van der Waals surface area contributed by atoms with Crippen molar-refractivity contribution in [2.45, 2.75) is 20.3 Å². The predicted molar refractivity (Wildman–Crippen MR) is 37.7 cm³/mol. The van der Waals surface area contributed by atoms with Crippen molar-refractivity contribution in [2.24, 2.45) is 0 Å². The Hall–Kier alpha value is -0.557. The van der Waals surface area contributed by atoms with E-state index in [4.69, 9.17) is 18.9 Å². The van der Waals surface area contributed by atoms with E-state index in [0.29, 0.717) is 6.42 Å². The van der Waals surface area contributed by atoms with E-state index in [9.17, 15) is 0 Å². The molecule has 12 heavy (non-hydrogen) atoms. The smallest absolute Gasteiger partial charge is 0 e. The quantitative estimate of drug-likeness (QED) is 0.299. The first kappa shape index (κ1) is 22.5. The summed E-state index contributed by atoms with van der Waals surface area (Å²) < 4.78 is 15.0. The summed E-state index contributed by atoms with van der Waals surface area (Å²) in [5.74, 6) is 0.500. The van der Waals surface area contributed by atoms with Gasteiger partial charge in [-0.05, 0) is 0 Å². The number of hydrogen-bond acceptors (Lipinski definition) is 0. The maximum atomic E-state index is 8.46. The maximum absolute atomic E-state index is 8.46. The second kappa shape index (κ2) is 22.4. The van der Waals surface area contributed by atoms with Gasteiger partial charge in [-0.3, -0.25) is 9.59 Å². The van der Waals surface area contributed by atoms with Gasteiger partial charge in [-0.1, -0.05) is 0 Å². The molecule has 69 valence electrons. The third kappa shape index (κ3) is 56.8. The van der Waals surface area contributed by atoms with Gasteiger partial charge in [-0.25, -0.2) is 0 Å². The Balaban J connectivity index is -0.0000000560. The van der Waals surface area contributed by atoms with Gasteiger partial charge < -0.3 is 0 Å². The zero-order chi connectivity index (χ0) is 9.86. The van der Waals surface area contributed by atoms with Gasteiger partial charge in [0.1, 0.15) is 0 Å². The molecule has 0 aliphatic carbocycles. The summed E-state index contributed by atoms with van der Waals surface area (Å²) in [5.41, 5.74) is 0. The molecule has 2 N–H and O–H groups in total. The van der Waals surface area contributed by atoms with E-state index in [-0.39, 0.29) is 31.0 Å². The number of ketones is 2. The van der Waals surface area contributed by atoms with E-state index in [2.05, 4.69) is 13.3 Å². The van der Waals surface area contributed by atoms with E-state index in [1.165, 1.54) is 0 Å². The SMILES string of the molecule is CC(=[OH+])CC(C)=[OH+].[C-]#[O+].[C-]#[O+].[Rh]. The Morgan fingerprint density at radius 3 is 1.17 bits per heavy atom. The van der Waals surface area contributed by atoms with Crippen LogP contribution in [-0.4, -0.2) is 21.2 Å². The summed E-state index contributed by atoms with van der Waals surface area (Å²) >= 11 is 0. The van der Waals surface area contributed by atoms with E-state index in [1.807, 2.05) is 0 Å². The molecule has 0 spiro atoms. The number of hydrogen-bond donors (Lipinski definition) is 0. The van der Waals surface area contributed by atoms with Crippen LogP contribution < -0.4 is 0 Å². The van der Waals surface area contributed by atoms with Gasteiger partial charge in [-0.15, -0.1) is 0 Å². The molecule has 5 heteroatoms. The standard InChI is InChI=1S/C5H8O2.2CO.Rh/c1-4(6)3-5(2)7;2*1-2;/h3H2,1-2H3;;;/p+2. The van der Waals surface area contributed by atoms with Crippen molar-refractivity contribution >= 4 is 11.6 Å². The van der Waals surface area contributed by atoms with Gasteiger partial charge in [0.2, 0.25) is 0 Å². The molecule has 0 saturated carbocycles. The van der Waals surface area contributed by atoms with E-state index in [1.54, 1.807) is 13.8 Å². The largest absolute Gasteiger partial charge is 0 e. The van der Waals surface area contributed by atoms with Gasteiger partial charge in [0.15, 0.2) is 6.42 Å². The monoisotopic (exact) mass is 261 g/mol. The molecule has 0 aromatic rings. The second-order valence-electron chi connectivity index (χ2n) is 1.65. The molecular weight excluding hydrogens is 251 g/mol. The van der Waals surface area contributed by atoms with Gasteiger partial charge in [0.05, 0.1) is 0 Å². The Kier molecular flexibility index (Phi) is 42.1. The van der Waals surface area contributed by atoms with E-state index < -0.39 is 0 Å². The van der Waals surface area contributed by atoms with Gasteiger partial charge in [0.25, 0.3) is 0 Å². The van der Waals surface area contributed by atoms with E-state index in [0.717, 1.165) is 0 Å². The Morgan fingerprint density at radius 2 is 1.17 bits per heavy atom. The zero-order valence-electron chi connectivity index (χ0n) is 6.75. The molecule has 0 aromatic carbocycles. The van der Waals surface area contributed by atoms with E-state index >= 15 is 0 Å². The van der Waals surface area contributed by atoms with Crippen LogP contribution in [0, 0.1) is 13.3 Å². The van der Waals surface area contributed by atoms with Crippen LogP contribution in [0.15, 0.2) is 0 Å². The molecule has 0 aliphatic rings. The minimum atomic E-state index is 0. The van der Waals surface area contributed by atoms with Crippen LogP contribution in [0.5, 0.6) is 0 Å². The first-order chi connectivity index (χ1) is 5.13. The Labute approximate surface area is 83.9 Å². The molecule has 0 fully saturated rings. The molecular formula is C7H10O4Rh+2. The molecule has 0 unspecified atom stereocenters. The van der Waals surface area contributed by atoms with Crippen LogP contribution in [0.2, 0.25) is 0 Å². The molecule has 1 radical (unpaired) electrons. The molecule has 0 aromatic heterocycles. The molecule has 0 amide bonds. The average Bonchev–Trinajstić information content (AvgIpc) is 1.93. The summed E-state index contributed by atoms with van der Waals surface area (Å²) in [4.78, 5) is 16.9. The van der Waals surface area contributed by atoms with Crippen molar-refractivity contribution in [2.75, 3.05) is 0 Å². The van der Waals surface area contributed by atoms with Crippen molar-refractivity contribution in [3.05, 3.63) is 13.3 Å². The third-order valence-electron chi connectivity index (χ3n) is 0.512. The van der Waals surface area contributed by atoms with Crippen LogP contribution in [-0.2, 0) is 28.8 Å². The van der Waals surface area contributed by atoms with Gasteiger partial charge in [0, 0.05) is 33.3 Å². The topological polar surface area (TPSA) is 82.6 Å². The first-order valence-corrected chi connectivity index (χ1v) is 2.56. The van der Waals surface area contributed by atoms with Gasteiger partial charge in [-0.2, -0.15) is 0 Å².